The standard InChI is InChI=1S/C14H11N7O5/c22-14(17-19-9-13(6-16-19)21(25)26)11-3-1-2-10(4-11)7-18-8-12(5-15-18)20(23)24/h1-6,8-9H,7H2,(H,17,22). The van der Waals surface area contributed by atoms with E-state index >= 15 is 0 Å². The number of nitro groups is 2. The molecule has 0 aliphatic heterocycles. The van der Waals surface area contributed by atoms with E-state index < -0.39 is 15.8 Å². The van der Waals surface area contributed by atoms with Gasteiger partial charge in [-0.2, -0.15) is 15.0 Å². The maximum absolute atomic E-state index is 12.2. The second-order valence-corrected chi connectivity index (χ2v) is 5.19. The van der Waals surface area contributed by atoms with E-state index in [-0.39, 0.29) is 17.9 Å². The van der Waals surface area contributed by atoms with Crippen molar-refractivity contribution in [2.75, 3.05) is 5.43 Å². The Bertz CT molecular complexity index is 993. The summed E-state index contributed by atoms with van der Waals surface area (Å²) in [6.07, 6.45) is 4.52. The van der Waals surface area contributed by atoms with Crippen molar-refractivity contribution < 1.29 is 14.6 Å². The molecule has 0 spiro atoms. The van der Waals surface area contributed by atoms with E-state index in [1.807, 2.05) is 0 Å². The number of aromatic nitrogens is 4. The summed E-state index contributed by atoms with van der Waals surface area (Å²) >= 11 is 0. The van der Waals surface area contributed by atoms with Gasteiger partial charge in [-0.05, 0) is 17.7 Å². The minimum Gasteiger partial charge on any atom is -0.267 e. The van der Waals surface area contributed by atoms with Gasteiger partial charge in [0.05, 0.1) is 16.4 Å². The fourth-order valence-electron chi connectivity index (χ4n) is 2.17. The van der Waals surface area contributed by atoms with Crippen LogP contribution in [-0.4, -0.2) is 35.4 Å². The van der Waals surface area contributed by atoms with Gasteiger partial charge >= 0.3 is 11.4 Å². The quantitative estimate of drug-likeness (QED) is 0.516. The molecule has 0 aliphatic rings. The average Bonchev–Trinajstić information content (AvgIpc) is 3.25. The van der Waals surface area contributed by atoms with Crippen LogP contribution in [0.5, 0.6) is 0 Å². The SMILES string of the molecule is O=C(Nn1cc([N+](=O)[O-])cn1)c1cccc(Cn2cc([N+](=O)[O-])cn2)c1. The van der Waals surface area contributed by atoms with Gasteiger partial charge in [0.1, 0.15) is 24.8 Å². The lowest BCUT2D eigenvalue weighted by Crippen LogP contribution is -2.23. The van der Waals surface area contributed by atoms with Crippen molar-refractivity contribution in [2.45, 2.75) is 6.54 Å². The van der Waals surface area contributed by atoms with Gasteiger partial charge in [0.2, 0.25) is 0 Å². The molecule has 1 aromatic carbocycles. The fraction of sp³-hybridized carbons (Fsp3) is 0.0714. The van der Waals surface area contributed by atoms with Crippen LogP contribution in [0.25, 0.3) is 0 Å². The molecule has 0 bridgehead atoms. The van der Waals surface area contributed by atoms with E-state index in [0.29, 0.717) is 11.1 Å². The summed E-state index contributed by atoms with van der Waals surface area (Å²) in [6.45, 7) is 0.238. The molecule has 3 aromatic rings. The number of nitrogens with zero attached hydrogens (tertiary/aromatic N) is 6. The fourth-order valence-corrected chi connectivity index (χ4v) is 2.17. The molecule has 0 saturated heterocycles. The van der Waals surface area contributed by atoms with Crippen molar-refractivity contribution in [1.82, 2.24) is 19.7 Å². The lowest BCUT2D eigenvalue weighted by atomic mass is 10.1. The first kappa shape index (κ1) is 16.8. The first-order chi connectivity index (χ1) is 12.4. The molecule has 26 heavy (non-hydrogen) atoms. The predicted molar refractivity (Wildman–Crippen MR) is 87.0 cm³/mol. The molecular formula is C14H11N7O5. The lowest BCUT2D eigenvalue weighted by molar-refractivity contribution is -0.385. The highest BCUT2D eigenvalue weighted by Crippen LogP contribution is 2.12. The van der Waals surface area contributed by atoms with Gasteiger partial charge in [-0.3, -0.25) is 29.7 Å². The molecule has 2 aromatic heterocycles. The Morgan fingerprint density at radius 3 is 2.42 bits per heavy atom. The number of rotatable bonds is 6. The number of nitrogens with one attached hydrogen (secondary N) is 1. The van der Waals surface area contributed by atoms with Crippen LogP contribution < -0.4 is 5.43 Å². The lowest BCUT2D eigenvalue weighted by Gasteiger charge is -2.06. The van der Waals surface area contributed by atoms with Crippen molar-refractivity contribution in [3.8, 4) is 0 Å². The van der Waals surface area contributed by atoms with Crippen molar-refractivity contribution in [3.63, 3.8) is 0 Å². The summed E-state index contributed by atoms with van der Waals surface area (Å²) in [6, 6.07) is 6.53. The van der Waals surface area contributed by atoms with E-state index in [1.54, 1.807) is 24.3 Å². The largest absolute Gasteiger partial charge is 0.309 e. The normalized spacial score (nSPS) is 10.5. The summed E-state index contributed by atoms with van der Waals surface area (Å²) in [5.74, 6) is -0.517. The zero-order chi connectivity index (χ0) is 18.7. The van der Waals surface area contributed by atoms with Crippen LogP contribution in [-0.2, 0) is 6.54 Å². The monoisotopic (exact) mass is 357 g/mol. The zero-order valence-corrected chi connectivity index (χ0v) is 13.1. The molecule has 0 aliphatic carbocycles. The van der Waals surface area contributed by atoms with Gasteiger partial charge in [-0.1, -0.05) is 12.1 Å². The number of hydrogen-bond donors (Lipinski definition) is 1. The number of amides is 1. The molecule has 132 valence electrons. The maximum atomic E-state index is 12.2. The van der Waals surface area contributed by atoms with Gasteiger partial charge in [0.25, 0.3) is 5.91 Å². The van der Waals surface area contributed by atoms with Gasteiger partial charge in [-0.15, -0.1) is 0 Å². The maximum Gasteiger partial charge on any atom is 0.309 e. The number of carbonyl (C=O) groups is 1. The molecule has 0 atom stereocenters. The van der Waals surface area contributed by atoms with Crippen LogP contribution in [0.15, 0.2) is 49.1 Å². The van der Waals surface area contributed by atoms with Crippen LogP contribution in [0.4, 0.5) is 11.4 Å². The molecule has 12 heteroatoms. The first-order valence-corrected chi connectivity index (χ1v) is 7.18. The topological polar surface area (TPSA) is 151 Å². The van der Waals surface area contributed by atoms with Gasteiger partial charge in [-0.25, -0.2) is 5.43 Å². The molecule has 2 heterocycles. The third kappa shape index (κ3) is 3.69. The van der Waals surface area contributed by atoms with Gasteiger partial charge in [0.15, 0.2) is 0 Å². The van der Waals surface area contributed by atoms with Crippen LogP contribution in [0.1, 0.15) is 15.9 Å². The van der Waals surface area contributed by atoms with Crippen molar-refractivity contribution in [2.24, 2.45) is 0 Å². The highest BCUT2D eigenvalue weighted by molar-refractivity contribution is 6.00. The van der Waals surface area contributed by atoms with E-state index in [0.717, 1.165) is 23.4 Å². The summed E-state index contributed by atoms with van der Waals surface area (Å²) < 4.78 is 1.38. The van der Waals surface area contributed by atoms with E-state index in [1.165, 1.54) is 10.9 Å². The third-order valence-electron chi connectivity index (χ3n) is 3.36. The van der Waals surface area contributed by atoms with Gasteiger partial charge < -0.3 is 0 Å². The molecule has 1 N–H and O–H groups in total. The van der Waals surface area contributed by atoms with E-state index in [2.05, 4.69) is 15.6 Å². The molecule has 3 rings (SSSR count). The Labute approximate surface area is 144 Å². The van der Waals surface area contributed by atoms with E-state index in [4.69, 9.17) is 0 Å². The highest BCUT2D eigenvalue weighted by Gasteiger charge is 2.13. The molecular weight excluding hydrogens is 346 g/mol. The molecule has 1 amide bonds. The molecule has 0 radical (unpaired) electrons. The number of carbonyl (C=O) groups excluding carboxylic acids is 1. The Balaban J connectivity index is 1.72. The van der Waals surface area contributed by atoms with Crippen LogP contribution in [0.2, 0.25) is 0 Å². The summed E-state index contributed by atoms with van der Waals surface area (Å²) in [5.41, 5.74) is 3.01. The summed E-state index contributed by atoms with van der Waals surface area (Å²) in [5, 5.41) is 28.9. The smallest absolute Gasteiger partial charge is 0.267 e. The molecule has 12 nitrogen and oxygen atoms in total. The van der Waals surface area contributed by atoms with Crippen LogP contribution in [0.3, 0.4) is 0 Å². The Hall–Kier alpha value is -4.09. The van der Waals surface area contributed by atoms with Crippen molar-refractivity contribution in [3.05, 3.63) is 80.4 Å². The molecule has 0 unspecified atom stereocenters. The van der Waals surface area contributed by atoms with Crippen molar-refractivity contribution in [1.29, 1.82) is 0 Å². The first-order valence-electron chi connectivity index (χ1n) is 7.18. The number of hydrogen-bond acceptors (Lipinski definition) is 7. The second-order valence-electron chi connectivity index (χ2n) is 5.19. The summed E-state index contributed by atoms with van der Waals surface area (Å²) in [4.78, 5) is 33.3. The highest BCUT2D eigenvalue weighted by atomic mass is 16.6. The molecule has 0 fully saturated rings. The second kappa shape index (κ2) is 6.80. The molecule has 0 saturated carbocycles. The Morgan fingerprint density at radius 2 is 1.77 bits per heavy atom. The van der Waals surface area contributed by atoms with Crippen molar-refractivity contribution >= 4 is 17.3 Å². The Morgan fingerprint density at radius 1 is 1.08 bits per heavy atom. The zero-order valence-electron chi connectivity index (χ0n) is 13.1. The van der Waals surface area contributed by atoms with Gasteiger partial charge in [0, 0.05) is 5.56 Å². The predicted octanol–water partition coefficient (Wildman–Crippen LogP) is 1.33. The average molecular weight is 357 g/mol. The van der Waals surface area contributed by atoms with Crippen LogP contribution >= 0.6 is 0 Å². The minimum atomic E-state index is -0.625. The third-order valence-corrected chi connectivity index (χ3v) is 3.36. The minimum absolute atomic E-state index is 0.126. The Kier molecular flexibility index (Phi) is 4.38. The summed E-state index contributed by atoms with van der Waals surface area (Å²) in [7, 11) is 0. The number of benzene rings is 1. The van der Waals surface area contributed by atoms with Crippen LogP contribution in [0, 0.1) is 20.2 Å². The van der Waals surface area contributed by atoms with E-state index in [9.17, 15) is 25.0 Å².